The minimum atomic E-state index is 0.0517. The van der Waals surface area contributed by atoms with Crippen molar-refractivity contribution in [2.24, 2.45) is 11.3 Å². The van der Waals surface area contributed by atoms with Crippen molar-refractivity contribution in [1.82, 2.24) is 19.7 Å². The van der Waals surface area contributed by atoms with Crippen LogP contribution in [0.2, 0.25) is 0 Å². The van der Waals surface area contributed by atoms with Crippen LogP contribution in [0.25, 0.3) is 0 Å². The van der Waals surface area contributed by atoms with E-state index in [1.54, 1.807) is 6.33 Å². The molecule has 5 rings (SSSR count). The van der Waals surface area contributed by atoms with E-state index < -0.39 is 0 Å². The summed E-state index contributed by atoms with van der Waals surface area (Å²) in [6.45, 7) is 3.13. The molecule has 1 spiro atoms. The van der Waals surface area contributed by atoms with Crippen molar-refractivity contribution in [1.29, 1.82) is 0 Å². The molecule has 6 nitrogen and oxygen atoms in total. The highest BCUT2D eigenvalue weighted by Gasteiger charge is 2.49. The van der Waals surface area contributed by atoms with Gasteiger partial charge >= 0.3 is 0 Å². The number of fused-ring (bicyclic) bond motifs is 2. The third-order valence-electron chi connectivity index (χ3n) is 5.60. The van der Waals surface area contributed by atoms with E-state index in [2.05, 4.69) is 22.2 Å². The number of carbonyl (C=O) groups excluding carboxylic acids is 1. The van der Waals surface area contributed by atoms with Gasteiger partial charge in [-0.2, -0.15) is 5.10 Å². The summed E-state index contributed by atoms with van der Waals surface area (Å²) < 4.78 is 7.84. The molecule has 124 valence electrons. The van der Waals surface area contributed by atoms with E-state index in [1.807, 2.05) is 21.7 Å². The number of likely N-dealkylation sites (tertiary alicyclic amines) is 1. The van der Waals surface area contributed by atoms with Gasteiger partial charge in [0.2, 0.25) is 5.91 Å². The van der Waals surface area contributed by atoms with Gasteiger partial charge in [-0.05, 0) is 24.5 Å². The van der Waals surface area contributed by atoms with Crippen LogP contribution in [-0.4, -0.2) is 45.3 Å². The lowest BCUT2D eigenvalue weighted by Crippen LogP contribution is -2.64. The highest BCUT2D eigenvalue weighted by atomic mass is 16.5. The van der Waals surface area contributed by atoms with Crippen LogP contribution >= 0.6 is 0 Å². The van der Waals surface area contributed by atoms with Crippen LogP contribution in [0.5, 0.6) is 5.75 Å². The normalized spacial score (nSPS) is 23.8. The first-order valence-corrected chi connectivity index (χ1v) is 8.59. The molecular weight excluding hydrogens is 304 g/mol. The van der Waals surface area contributed by atoms with Crippen LogP contribution in [-0.2, 0) is 24.2 Å². The molecule has 0 N–H and O–H groups in total. The Balaban J connectivity index is 1.25. The molecule has 1 aromatic heterocycles. The van der Waals surface area contributed by atoms with Crippen molar-refractivity contribution in [2.45, 2.75) is 25.8 Å². The molecule has 2 aromatic rings. The molecule has 1 amide bonds. The number of para-hydroxylation sites is 1. The third-order valence-corrected chi connectivity index (χ3v) is 5.60. The molecule has 0 aliphatic carbocycles. The molecule has 1 fully saturated rings. The minimum Gasteiger partial charge on any atom is -0.493 e. The van der Waals surface area contributed by atoms with Crippen LogP contribution in [0.15, 0.2) is 30.6 Å². The summed E-state index contributed by atoms with van der Waals surface area (Å²) >= 11 is 0. The Morgan fingerprint density at radius 2 is 2.17 bits per heavy atom. The number of aromatic nitrogens is 3. The average molecular weight is 324 g/mol. The van der Waals surface area contributed by atoms with E-state index >= 15 is 0 Å². The van der Waals surface area contributed by atoms with Crippen LogP contribution < -0.4 is 4.74 Å². The van der Waals surface area contributed by atoms with Gasteiger partial charge in [0.05, 0.1) is 6.61 Å². The number of hydrogen-bond acceptors (Lipinski definition) is 4. The molecular formula is C18H20N4O2. The first kappa shape index (κ1) is 14.0. The molecule has 1 saturated heterocycles. The van der Waals surface area contributed by atoms with Gasteiger partial charge in [-0.25, -0.2) is 4.98 Å². The van der Waals surface area contributed by atoms with Gasteiger partial charge in [-0.3, -0.25) is 9.48 Å². The molecule has 6 heteroatoms. The van der Waals surface area contributed by atoms with Crippen molar-refractivity contribution in [3.8, 4) is 5.75 Å². The number of nitrogens with zero attached hydrogens (tertiary/aromatic N) is 4. The SMILES string of the molecule is O=C(C1CCn2ncnc2C1)N1CC2(COc3ccccc3C2)C1. The zero-order valence-electron chi connectivity index (χ0n) is 13.5. The number of benzene rings is 1. The monoisotopic (exact) mass is 324 g/mol. The Kier molecular flexibility index (Phi) is 2.96. The summed E-state index contributed by atoms with van der Waals surface area (Å²) in [7, 11) is 0. The van der Waals surface area contributed by atoms with Crippen LogP contribution in [0, 0.1) is 11.3 Å². The van der Waals surface area contributed by atoms with Gasteiger partial charge < -0.3 is 9.64 Å². The maximum Gasteiger partial charge on any atom is 0.226 e. The molecule has 24 heavy (non-hydrogen) atoms. The smallest absolute Gasteiger partial charge is 0.226 e. The zero-order valence-corrected chi connectivity index (χ0v) is 13.5. The van der Waals surface area contributed by atoms with Crippen molar-refractivity contribution < 1.29 is 9.53 Å². The zero-order chi connectivity index (χ0) is 16.1. The first-order chi connectivity index (χ1) is 11.7. The van der Waals surface area contributed by atoms with E-state index in [0.29, 0.717) is 13.0 Å². The quantitative estimate of drug-likeness (QED) is 0.793. The van der Waals surface area contributed by atoms with Crippen molar-refractivity contribution >= 4 is 5.91 Å². The Labute approximate surface area is 140 Å². The Hall–Kier alpha value is -2.37. The highest BCUT2D eigenvalue weighted by Crippen LogP contribution is 2.41. The number of carbonyl (C=O) groups is 1. The van der Waals surface area contributed by atoms with Gasteiger partial charge in [-0.15, -0.1) is 0 Å². The maximum atomic E-state index is 12.8. The minimum absolute atomic E-state index is 0.0517. The second-order valence-corrected chi connectivity index (χ2v) is 7.36. The molecule has 1 aromatic carbocycles. The number of hydrogen-bond donors (Lipinski definition) is 0. The van der Waals surface area contributed by atoms with Crippen LogP contribution in [0.1, 0.15) is 17.8 Å². The Bertz CT molecular complexity index is 794. The molecule has 3 aliphatic heterocycles. The lowest BCUT2D eigenvalue weighted by molar-refractivity contribution is -0.151. The van der Waals surface area contributed by atoms with E-state index in [9.17, 15) is 4.79 Å². The topological polar surface area (TPSA) is 60.2 Å². The van der Waals surface area contributed by atoms with E-state index in [4.69, 9.17) is 4.74 Å². The lowest BCUT2D eigenvalue weighted by Gasteiger charge is -2.52. The summed E-state index contributed by atoms with van der Waals surface area (Å²) in [5.41, 5.74) is 1.38. The predicted molar refractivity (Wildman–Crippen MR) is 86.5 cm³/mol. The fourth-order valence-corrected chi connectivity index (χ4v) is 4.30. The van der Waals surface area contributed by atoms with Crippen LogP contribution in [0.4, 0.5) is 0 Å². The van der Waals surface area contributed by atoms with Crippen molar-refractivity contribution in [3.63, 3.8) is 0 Å². The summed E-state index contributed by atoms with van der Waals surface area (Å²) in [5, 5.41) is 4.18. The fourth-order valence-electron chi connectivity index (χ4n) is 4.30. The summed E-state index contributed by atoms with van der Waals surface area (Å²) in [6, 6.07) is 8.23. The fraction of sp³-hybridized carbons (Fsp3) is 0.500. The Morgan fingerprint density at radius 1 is 1.29 bits per heavy atom. The van der Waals surface area contributed by atoms with Gasteiger partial charge in [0.15, 0.2) is 0 Å². The van der Waals surface area contributed by atoms with Gasteiger partial charge in [0.1, 0.15) is 17.9 Å². The second kappa shape index (κ2) is 5.06. The van der Waals surface area contributed by atoms with Gasteiger partial charge in [0.25, 0.3) is 0 Å². The summed E-state index contributed by atoms with van der Waals surface area (Å²) in [5.74, 6) is 2.26. The van der Waals surface area contributed by atoms with Gasteiger partial charge in [-0.1, -0.05) is 18.2 Å². The molecule has 0 saturated carbocycles. The standard InChI is InChI=1S/C18H20N4O2/c23-17(13-5-6-22-16(7-13)19-12-20-22)21-9-18(10-21)8-14-3-1-2-4-15(14)24-11-18/h1-4,12-13H,5-11H2. The molecule has 0 bridgehead atoms. The van der Waals surface area contributed by atoms with E-state index in [0.717, 1.165) is 44.0 Å². The van der Waals surface area contributed by atoms with E-state index in [1.165, 1.54) is 5.56 Å². The van der Waals surface area contributed by atoms with Gasteiger partial charge in [0, 0.05) is 37.4 Å². The third kappa shape index (κ3) is 2.12. The maximum absolute atomic E-state index is 12.8. The molecule has 0 radical (unpaired) electrons. The van der Waals surface area contributed by atoms with E-state index in [-0.39, 0.29) is 17.2 Å². The average Bonchev–Trinajstić information content (AvgIpc) is 3.06. The summed E-state index contributed by atoms with van der Waals surface area (Å²) in [6.07, 6.45) is 4.16. The highest BCUT2D eigenvalue weighted by molar-refractivity contribution is 5.80. The number of rotatable bonds is 1. The molecule has 3 aliphatic rings. The van der Waals surface area contributed by atoms with Crippen molar-refractivity contribution in [3.05, 3.63) is 42.0 Å². The molecule has 1 unspecified atom stereocenters. The van der Waals surface area contributed by atoms with Crippen LogP contribution in [0.3, 0.4) is 0 Å². The predicted octanol–water partition coefficient (Wildman–Crippen LogP) is 1.30. The Morgan fingerprint density at radius 3 is 3.08 bits per heavy atom. The molecule has 1 atom stereocenters. The molecule has 4 heterocycles. The lowest BCUT2D eigenvalue weighted by atomic mass is 9.73. The van der Waals surface area contributed by atoms with Crippen molar-refractivity contribution in [2.75, 3.05) is 19.7 Å². The second-order valence-electron chi connectivity index (χ2n) is 7.36. The number of aryl methyl sites for hydroxylation is 1. The number of amides is 1. The number of ether oxygens (including phenoxy) is 1. The first-order valence-electron chi connectivity index (χ1n) is 8.59. The summed E-state index contributed by atoms with van der Waals surface area (Å²) in [4.78, 5) is 19.1. The largest absolute Gasteiger partial charge is 0.493 e.